The third-order valence-electron chi connectivity index (χ3n) is 5.77. The van der Waals surface area contributed by atoms with Crippen LogP contribution in [0.25, 0.3) is 22.4 Å². The predicted molar refractivity (Wildman–Crippen MR) is 111 cm³/mol. The summed E-state index contributed by atoms with van der Waals surface area (Å²) in [4.78, 5) is 22.3. The first kappa shape index (κ1) is 18.3. The van der Waals surface area contributed by atoms with Crippen LogP contribution in [0.1, 0.15) is 36.8 Å². The first-order valence-corrected chi connectivity index (χ1v) is 10.1. The molecule has 6 heteroatoms. The number of carbonyl (C=O) groups excluding carboxylic acids is 1. The molecule has 1 spiro atoms. The van der Waals surface area contributed by atoms with E-state index >= 15 is 0 Å². The lowest BCUT2D eigenvalue weighted by Crippen LogP contribution is -2.42. The quantitative estimate of drug-likeness (QED) is 0.681. The fourth-order valence-corrected chi connectivity index (χ4v) is 4.43. The summed E-state index contributed by atoms with van der Waals surface area (Å²) < 4.78 is 6.42. The number of hydrogen-bond acceptors (Lipinski definition) is 5. The van der Waals surface area contributed by atoms with E-state index in [1.165, 1.54) is 0 Å². The number of ketones is 1. The Morgan fingerprint density at radius 3 is 2.52 bits per heavy atom. The molecule has 0 bridgehead atoms. The zero-order chi connectivity index (χ0) is 20.0. The predicted octanol–water partition coefficient (Wildman–Crippen LogP) is 4.42. The molecule has 5 nitrogen and oxygen atoms in total. The lowest BCUT2D eigenvalue weighted by molar-refractivity contribution is -0.132. The summed E-state index contributed by atoms with van der Waals surface area (Å²) in [5, 5.41) is 10.5. The molecular weight excluding hydrogens is 388 g/mol. The summed E-state index contributed by atoms with van der Waals surface area (Å²) in [6.45, 7) is 0. The fourth-order valence-electron chi connectivity index (χ4n) is 4.24. The third-order valence-corrected chi connectivity index (χ3v) is 6.01. The van der Waals surface area contributed by atoms with Crippen LogP contribution in [0.15, 0.2) is 54.9 Å². The molecule has 2 aliphatic rings. The average molecular weight is 407 g/mol. The Balaban J connectivity index is 1.67. The number of carbonyl (C=O) groups is 1. The Morgan fingerprint density at radius 2 is 1.76 bits per heavy atom. The molecule has 1 aliphatic heterocycles. The highest BCUT2D eigenvalue weighted by Gasteiger charge is 2.51. The first-order valence-electron chi connectivity index (χ1n) is 9.69. The standard InChI is InChI=1S/C23H19ClN2O3/c24-16-3-1-2-14(12-16)20-21(15-4-5-18-19(13-15)26-11-10-25-18)29-23(22(20)28)8-6-17(27)7-9-23/h1-5,10-13,17,27H,6-9H2. The number of rotatable bonds is 2. The Kier molecular flexibility index (Phi) is 4.37. The number of hydrogen-bond donors (Lipinski definition) is 1. The van der Waals surface area contributed by atoms with Crippen LogP contribution in [-0.4, -0.2) is 32.6 Å². The van der Waals surface area contributed by atoms with Crippen molar-refractivity contribution in [1.29, 1.82) is 0 Å². The van der Waals surface area contributed by atoms with Crippen molar-refractivity contribution in [1.82, 2.24) is 9.97 Å². The normalized spacial score (nSPS) is 24.3. The van der Waals surface area contributed by atoms with Crippen LogP contribution in [0.5, 0.6) is 0 Å². The molecule has 2 heterocycles. The smallest absolute Gasteiger partial charge is 0.210 e. The SMILES string of the molecule is O=C1C(c2cccc(Cl)c2)=C(c2ccc3nccnc3c2)OC12CCC(O)CC2. The van der Waals surface area contributed by atoms with Gasteiger partial charge >= 0.3 is 0 Å². The molecule has 1 aromatic heterocycles. The molecule has 0 atom stereocenters. The van der Waals surface area contributed by atoms with E-state index in [4.69, 9.17) is 16.3 Å². The first-order chi connectivity index (χ1) is 14.1. The minimum atomic E-state index is -0.927. The van der Waals surface area contributed by atoms with Crippen LogP contribution in [0.4, 0.5) is 0 Å². The van der Waals surface area contributed by atoms with Crippen LogP contribution < -0.4 is 0 Å². The molecule has 0 unspecified atom stereocenters. The van der Waals surface area contributed by atoms with Gasteiger partial charge in [-0.3, -0.25) is 14.8 Å². The highest BCUT2D eigenvalue weighted by Crippen LogP contribution is 2.48. The van der Waals surface area contributed by atoms with Gasteiger partial charge in [-0.1, -0.05) is 23.7 Å². The maximum Gasteiger partial charge on any atom is 0.210 e. The number of ether oxygens (including phenoxy) is 1. The summed E-state index contributed by atoms with van der Waals surface area (Å²) in [6.07, 6.45) is 4.99. The van der Waals surface area contributed by atoms with Crippen molar-refractivity contribution in [2.75, 3.05) is 0 Å². The van der Waals surface area contributed by atoms with Crippen molar-refractivity contribution in [3.63, 3.8) is 0 Å². The summed E-state index contributed by atoms with van der Waals surface area (Å²) in [5.41, 5.74) is 2.64. The maximum atomic E-state index is 13.6. The number of nitrogens with zero attached hydrogens (tertiary/aromatic N) is 2. The zero-order valence-electron chi connectivity index (χ0n) is 15.6. The van der Waals surface area contributed by atoms with Gasteiger partial charge in [0.25, 0.3) is 0 Å². The van der Waals surface area contributed by atoms with Gasteiger partial charge in [0.1, 0.15) is 5.76 Å². The molecule has 2 aromatic carbocycles. The molecule has 5 rings (SSSR count). The molecule has 1 saturated carbocycles. The molecule has 3 aromatic rings. The zero-order valence-corrected chi connectivity index (χ0v) is 16.4. The van der Waals surface area contributed by atoms with Gasteiger partial charge in [0.2, 0.25) is 5.78 Å². The van der Waals surface area contributed by atoms with Gasteiger partial charge in [0, 0.05) is 23.0 Å². The van der Waals surface area contributed by atoms with E-state index in [1.807, 2.05) is 30.3 Å². The number of aliphatic hydroxyl groups excluding tert-OH is 1. The Labute approximate surface area is 173 Å². The minimum Gasteiger partial charge on any atom is -0.478 e. The van der Waals surface area contributed by atoms with E-state index in [0.29, 0.717) is 42.0 Å². The van der Waals surface area contributed by atoms with Crippen molar-refractivity contribution in [3.05, 3.63) is 71.0 Å². The number of fused-ring (bicyclic) bond motifs is 1. The highest BCUT2D eigenvalue weighted by molar-refractivity contribution is 6.34. The van der Waals surface area contributed by atoms with Crippen LogP contribution in [0, 0.1) is 0 Å². The second kappa shape index (κ2) is 6.94. The Morgan fingerprint density at radius 1 is 1.00 bits per heavy atom. The van der Waals surface area contributed by atoms with Crippen molar-refractivity contribution in [2.24, 2.45) is 0 Å². The second-order valence-electron chi connectivity index (χ2n) is 7.63. The Hall–Kier alpha value is -2.76. The monoisotopic (exact) mass is 406 g/mol. The second-order valence-corrected chi connectivity index (χ2v) is 8.07. The van der Waals surface area contributed by atoms with E-state index in [2.05, 4.69) is 9.97 Å². The van der Waals surface area contributed by atoms with E-state index < -0.39 is 5.60 Å². The number of aromatic nitrogens is 2. The van der Waals surface area contributed by atoms with Gasteiger partial charge in [0.05, 0.1) is 22.7 Å². The number of halogens is 1. The largest absolute Gasteiger partial charge is 0.478 e. The summed E-state index contributed by atoms with van der Waals surface area (Å²) in [5.74, 6) is 0.502. The molecule has 0 saturated heterocycles. The molecule has 1 fully saturated rings. The molecule has 0 radical (unpaired) electrons. The average Bonchev–Trinajstić information content (AvgIpc) is 3.02. The van der Waals surface area contributed by atoms with Crippen molar-refractivity contribution < 1.29 is 14.6 Å². The number of Topliss-reactive ketones (excluding diaryl/α,β-unsaturated/α-hetero) is 1. The van der Waals surface area contributed by atoms with Gasteiger partial charge in [0.15, 0.2) is 5.60 Å². The van der Waals surface area contributed by atoms with Crippen molar-refractivity contribution >= 4 is 39.7 Å². The molecule has 1 aliphatic carbocycles. The summed E-state index contributed by atoms with van der Waals surface area (Å²) in [6, 6.07) is 13.0. The highest BCUT2D eigenvalue weighted by atomic mass is 35.5. The van der Waals surface area contributed by atoms with Crippen molar-refractivity contribution in [2.45, 2.75) is 37.4 Å². The molecule has 146 valence electrons. The lowest BCUT2D eigenvalue weighted by atomic mass is 9.78. The Bertz CT molecular complexity index is 1150. The molecule has 29 heavy (non-hydrogen) atoms. The van der Waals surface area contributed by atoms with Gasteiger partial charge in [-0.05, 0) is 61.6 Å². The van der Waals surface area contributed by atoms with Crippen LogP contribution in [0.2, 0.25) is 5.02 Å². The van der Waals surface area contributed by atoms with E-state index in [-0.39, 0.29) is 11.9 Å². The van der Waals surface area contributed by atoms with Gasteiger partial charge < -0.3 is 9.84 Å². The molecular formula is C23H19ClN2O3. The van der Waals surface area contributed by atoms with Gasteiger partial charge in [-0.2, -0.15) is 0 Å². The third kappa shape index (κ3) is 3.11. The van der Waals surface area contributed by atoms with Gasteiger partial charge in [-0.15, -0.1) is 0 Å². The minimum absolute atomic E-state index is 0.0408. The van der Waals surface area contributed by atoms with Crippen LogP contribution in [0.3, 0.4) is 0 Å². The lowest BCUT2D eigenvalue weighted by Gasteiger charge is -2.34. The van der Waals surface area contributed by atoms with E-state index in [0.717, 1.165) is 22.2 Å². The summed E-state index contributed by atoms with van der Waals surface area (Å²) in [7, 11) is 0. The van der Waals surface area contributed by atoms with E-state index in [1.54, 1.807) is 24.5 Å². The molecule has 1 N–H and O–H groups in total. The number of aliphatic hydroxyl groups is 1. The van der Waals surface area contributed by atoms with Crippen LogP contribution >= 0.6 is 11.6 Å². The van der Waals surface area contributed by atoms with Crippen molar-refractivity contribution in [3.8, 4) is 0 Å². The topological polar surface area (TPSA) is 72.3 Å². The van der Waals surface area contributed by atoms with Crippen LogP contribution in [-0.2, 0) is 9.53 Å². The molecule has 0 amide bonds. The fraction of sp³-hybridized carbons (Fsp3) is 0.261. The number of benzene rings is 2. The summed E-state index contributed by atoms with van der Waals surface area (Å²) >= 11 is 6.21. The maximum absolute atomic E-state index is 13.6. The van der Waals surface area contributed by atoms with E-state index in [9.17, 15) is 9.90 Å². The van der Waals surface area contributed by atoms with Gasteiger partial charge in [-0.25, -0.2) is 0 Å².